The van der Waals surface area contributed by atoms with E-state index in [0.717, 1.165) is 6.07 Å². The second-order valence-electron chi connectivity index (χ2n) is 14.2. The molecule has 0 unspecified atom stereocenters. The van der Waals surface area contributed by atoms with Crippen LogP contribution in [0.15, 0.2) is 164 Å². The standard InChI is InChI=1S/C48H27F9N4/c49-46(50,51)32-23-31(24-33(26-32)47(52,53)54)30-19-21-38-37-16-8-10-18-41(37)61(42(38)25-30)34-20-22-35(36-15-7-9-17-40(36)48(55,56)57)39(27-34)45-59-43(28-11-3-1-4-12-28)58-44(60-45)29-13-5-2-6-14-29/h1-27H. The van der Waals surface area contributed by atoms with E-state index >= 15 is 0 Å². The van der Waals surface area contributed by atoms with Crippen molar-refractivity contribution in [2.24, 2.45) is 0 Å². The van der Waals surface area contributed by atoms with Gasteiger partial charge < -0.3 is 4.57 Å². The number of hydrogen-bond donors (Lipinski definition) is 0. The SMILES string of the molecule is FC(F)(F)c1cc(-c2ccc3c4ccccc4n(-c4ccc(-c5ccccc5C(F)(F)F)c(-c5nc(-c6ccccc6)nc(-c6ccccc6)n5)c4)c3c2)cc(C(F)(F)F)c1. The van der Waals surface area contributed by atoms with Crippen LogP contribution < -0.4 is 0 Å². The Bertz CT molecular complexity index is 3010. The van der Waals surface area contributed by atoms with E-state index in [2.05, 4.69) is 0 Å². The fourth-order valence-electron chi connectivity index (χ4n) is 7.54. The molecular formula is C48H27F9N4. The summed E-state index contributed by atoms with van der Waals surface area (Å²) in [6.45, 7) is 0. The smallest absolute Gasteiger partial charge is 0.309 e. The average molecular weight is 831 g/mol. The van der Waals surface area contributed by atoms with Gasteiger partial charge in [0.2, 0.25) is 0 Å². The summed E-state index contributed by atoms with van der Waals surface area (Å²) < 4.78 is 129. The predicted octanol–water partition coefficient (Wildman–Crippen LogP) is 14.4. The Morgan fingerprint density at radius 2 is 0.885 bits per heavy atom. The van der Waals surface area contributed by atoms with Crippen LogP contribution in [0.3, 0.4) is 0 Å². The van der Waals surface area contributed by atoms with Crippen LogP contribution in [-0.4, -0.2) is 19.5 Å². The summed E-state index contributed by atoms with van der Waals surface area (Å²) in [5.74, 6) is 0.558. The molecule has 0 saturated heterocycles. The number of para-hydroxylation sites is 1. The van der Waals surface area contributed by atoms with Gasteiger partial charge in [-0.3, -0.25) is 0 Å². The van der Waals surface area contributed by atoms with E-state index in [0.29, 0.717) is 50.8 Å². The molecule has 9 rings (SSSR count). The Kier molecular flexibility index (Phi) is 9.49. The monoisotopic (exact) mass is 830 g/mol. The van der Waals surface area contributed by atoms with Crippen LogP contribution in [0.2, 0.25) is 0 Å². The number of halogens is 9. The second kappa shape index (κ2) is 14.8. The molecule has 0 N–H and O–H groups in total. The lowest BCUT2D eigenvalue weighted by atomic mass is 9.94. The Hall–Kier alpha value is -7.28. The maximum Gasteiger partial charge on any atom is 0.417 e. The van der Waals surface area contributed by atoms with Gasteiger partial charge in [0, 0.05) is 33.2 Å². The van der Waals surface area contributed by atoms with Crippen LogP contribution in [0.1, 0.15) is 16.7 Å². The maximum absolute atomic E-state index is 14.7. The van der Waals surface area contributed by atoms with E-state index in [1.807, 2.05) is 18.2 Å². The number of rotatable bonds is 6. The largest absolute Gasteiger partial charge is 0.417 e. The highest BCUT2D eigenvalue weighted by molar-refractivity contribution is 6.10. The van der Waals surface area contributed by atoms with E-state index in [4.69, 9.17) is 15.0 Å². The van der Waals surface area contributed by atoms with Crippen LogP contribution in [-0.2, 0) is 18.5 Å². The minimum Gasteiger partial charge on any atom is -0.309 e. The lowest BCUT2D eigenvalue weighted by molar-refractivity contribution is -0.143. The first-order chi connectivity index (χ1) is 29.1. The first kappa shape index (κ1) is 39.2. The van der Waals surface area contributed by atoms with Crippen molar-refractivity contribution in [2.45, 2.75) is 18.5 Å². The quantitative estimate of drug-likeness (QED) is 0.157. The van der Waals surface area contributed by atoms with Gasteiger partial charge in [-0.2, -0.15) is 39.5 Å². The fourth-order valence-corrected chi connectivity index (χ4v) is 7.54. The summed E-state index contributed by atoms with van der Waals surface area (Å²) in [5.41, 5.74) is -1.21. The van der Waals surface area contributed by atoms with Gasteiger partial charge in [-0.05, 0) is 70.8 Å². The zero-order valence-electron chi connectivity index (χ0n) is 31.3. The van der Waals surface area contributed by atoms with Gasteiger partial charge in [0.15, 0.2) is 17.5 Å². The normalized spacial score (nSPS) is 12.3. The third-order valence-electron chi connectivity index (χ3n) is 10.3. The average Bonchev–Trinajstić information content (AvgIpc) is 3.59. The van der Waals surface area contributed by atoms with Crippen LogP contribution in [0.25, 0.3) is 83.9 Å². The number of alkyl halides is 9. The van der Waals surface area contributed by atoms with E-state index < -0.39 is 35.2 Å². The Morgan fingerprint density at radius 1 is 0.344 bits per heavy atom. The summed E-state index contributed by atoms with van der Waals surface area (Å²) in [4.78, 5) is 14.4. The van der Waals surface area contributed by atoms with Crippen LogP contribution in [0.5, 0.6) is 0 Å². The minimum atomic E-state index is -5.06. The van der Waals surface area contributed by atoms with E-state index in [9.17, 15) is 39.5 Å². The highest BCUT2D eigenvalue weighted by atomic mass is 19.4. The summed E-state index contributed by atoms with van der Waals surface area (Å²) in [5, 5.41) is 1.32. The highest BCUT2D eigenvalue weighted by Gasteiger charge is 2.37. The molecule has 0 aliphatic carbocycles. The molecule has 0 aliphatic heterocycles. The Balaban J connectivity index is 1.33. The van der Waals surface area contributed by atoms with Crippen LogP contribution in [0, 0.1) is 0 Å². The molecular weight excluding hydrogens is 804 g/mol. The minimum absolute atomic E-state index is 0.0478. The van der Waals surface area contributed by atoms with Crippen molar-refractivity contribution in [3.05, 3.63) is 180 Å². The van der Waals surface area contributed by atoms with Crippen molar-refractivity contribution >= 4 is 21.8 Å². The summed E-state index contributed by atoms with van der Waals surface area (Å²) >= 11 is 0. The lowest BCUT2D eigenvalue weighted by Crippen LogP contribution is -2.11. The lowest BCUT2D eigenvalue weighted by Gasteiger charge is -2.18. The topological polar surface area (TPSA) is 43.6 Å². The van der Waals surface area contributed by atoms with Crippen molar-refractivity contribution in [3.8, 4) is 62.1 Å². The first-order valence-electron chi connectivity index (χ1n) is 18.6. The van der Waals surface area contributed by atoms with Crippen LogP contribution >= 0.6 is 0 Å². The fraction of sp³-hybridized carbons (Fsp3) is 0.0625. The predicted molar refractivity (Wildman–Crippen MR) is 216 cm³/mol. The molecule has 2 aromatic heterocycles. The Labute approximate surface area is 341 Å². The Morgan fingerprint density at radius 3 is 1.49 bits per heavy atom. The second-order valence-corrected chi connectivity index (χ2v) is 14.2. The van der Waals surface area contributed by atoms with Gasteiger partial charge in [-0.1, -0.05) is 115 Å². The molecule has 9 aromatic rings. The summed E-state index contributed by atoms with van der Waals surface area (Å²) in [6, 6.07) is 41.0. The van der Waals surface area contributed by atoms with Gasteiger partial charge >= 0.3 is 18.5 Å². The molecule has 7 aromatic carbocycles. The molecule has 302 valence electrons. The number of fused-ring (bicyclic) bond motifs is 3. The number of hydrogen-bond acceptors (Lipinski definition) is 3. The molecule has 61 heavy (non-hydrogen) atoms. The maximum atomic E-state index is 14.7. The molecule has 0 saturated carbocycles. The molecule has 0 amide bonds. The van der Waals surface area contributed by atoms with Crippen molar-refractivity contribution < 1.29 is 39.5 Å². The number of nitrogens with zero attached hydrogens (tertiary/aromatic N) is 4. The molecule has 0 bridgehead atoms. The zero-order chi connectivity index (χ0) is 42.7. The summed E-state index contributed by atoms with van der Waals surface area (Å²) in [7, 11) is 0. The van der Waals surface area contributed by atoms with E-state index in [1.165, 1.54) is 36.4 Å². The van der Waals surface area contributed by atoms with Gasteiger partial charge in [0.05, 0.1) is 27.7 Å². The molecule has 0 aliphatic rings. The van der Waals surface area contributed by atoms with Crippen molar-refractivity contribution in [2.75, 3.05) is 0 Å². The molecule has 0 spiro atoms. The van der Waals surface area contributed by atoms with Crippen molar-refractivity contribution in [1.29, 1.82) is 0 Å². The summed E-state index contributed by atoms with van der Waals surface area (Å²) in [6.07, 6.45) is -14.9. The molecule has 2 heterocycles. The van der Waals surface area contributed by atoms with Gasteiger partial charge in [-0.15, -0.1) is 0 Å². The molecule has 13 heteroatoms. The van der Waals surface area contributed by atoms with Gasteiger partial charge in [0.25, 0.3) is 0 Å². The number of benzene rings is 7. The first-order valence-corrected chi connectivity index (χ1v) is 18.6. The highest BCUT2D eigenvalue weighted by Crippen LogP contribution is 2.44. The molecule has 4 nitrogen and oxygen atoms in total. The molecule has 0 atom stereocenters. The van der Waals surface area contributed by atoms with E-state index in [1.54, 1.807) is 89.5 Å². The molecule has 0 fully saturated rings. The van der Waals surface area contributed by atoms with E-state index in [-0.39, 0.29) is 51.4 Å². The zero-order valence-corrected chi connectivity index (χ0v) is 31.3. The third-order valence-corrected chi connectivity index (χ3v) is 10.3. The third kappa shape index (κ3) is 7.47. The van der Waals surface area contributed by atoms with Gasteiger partial charge in [0.1, 0.15) is 0 Å². The molecule has 0 radical (unpaired) electrons. The van der Waals surface area contributed by atoms with Crippen molar-refractivity contribution in [3.63, 3.8) is 0 Å². The van der Waals surface area contributed by atoms with Gasteiger partial charge in [-0.25, -0.2) is 15.0 Å². The van der Waals surface area contributed by atoms with Crippen LogP contribution in [0.4, 0.5) is 39.5 Å². The number of aromatic nitrogens is 4. The van der Waals surface area contributed by atoms with Crippen molar-refractivity contribution in [1.82, 2.24) is 19.5 Å².